The van der Waals surface area contributed by atoms with Gasteiger partial charge < -0.3 is 34.6 Å². The van der Waals surface area contributed by atoms with E-state index in [0.29, 0.717) is 6.61 Å². The Balaban J connectivity index is 1.45. The van der Waals surface area contributed by atoms with Crippen molar-refractivity contribution in [1.29, 1.82) is 0 Å². The van der Waals surface area contributed by atoms with Crippen molar-refractivity contribution < 1.29 is 34.6 Å². The Kier molecular flexibility index (Phi) is 6.96. The zero-order valence-corrected chi connectivity index (χ0v) is 16.6. The van der Waals surface area contributed by atoms with Crippen molar-refractivity contribution in [2.45, 2.75) is 75.7 Å². The van der Waals surface area contributed by atoms with E-state index in [1.165, 1.54) is 11.1 Å². The predicted octanol–water partition coefficient (Wildman–Crippen LogP) is 0.886. The van der Waals surface area contributed by atoms with Crippen LogP contribution >= 0.6 is 0 Å². The molecule has 0 radical (unpaired) electrons. The van der Waals surface area contributed by atoms with Crippen LogP contribution in [0.4, 0.5) is 0 Å². The first kappa shape index (κ1) is 21.5. The van der Waals surface area contributed by atoms with E-state index >= 15 is 0 Å². The number of fused-ring (bicyclic) bond motifs is 1. The highest BCUT2D eigenvalue weighted by atomic mass is 16.7. The summed E-state index contributed by atoms with van der Waals surface area (Å²) in [5.74, 6) is 0.978. The van der Waals surface area contributed by atoms with Gasteiger partial charge in [-0.2, -0.15) is 0 Å². The second kappa shape index (κ2) is 9.07. The molecule has 3 rings (SSSR count). The highest BCUT2D eigenvalue weighted by Gasteiger charge is 2.43. The summed E-state index contributed by atoms with van der Waals surface area (Å²) >= 11 is 0. The van der Waals surface area contributed by atoms with E-state index in [4.69, 9.17) is 14.2 Å². The molecule has 5 atom stereocenters. The molecule has 2 heterocycles. The Morgan fingerprint density at radius 1 is 1.11 bits per heavy atom. The highest BCUT2D eigenvalue weighted by molar-refractivity contribution is 5.43. The molecule has 0 amide bonds. The van der Waals surface area contributed by atoms with Gasteiger partial charge in [0.1, 0.15) is 30.2 Å². The molecule has 5 unspecified atom stereocenters. The van der Waals surface area contributed by atoms with E-state index < -0.39 is 37.3 Å². The van der Waals surface area contributed by atoms with Gasteiger partial charge in [0.25, 0.3) is 0 Å². The summed E-state index contributed by atoms with van der Waals surface area (Å²) in [5, 5.41) is 38.7. The second-order valence-electron chi connectivity index (χ2n) is 8.34. The van der Waals surface area contributed by atoms with Gasteiger partial charge >= 0.3 is 0 Å². The van der Waals surface area contributed by atoms with Crippen molar-refractivity contribution in [3.63, 3.8) is 0 Å². The minimum absolute atomic E-state index is 0.121. The van der Waals surface area contributed by atoms with Crippen LogP contribution in [0.15, 0.2) is 18.2 Å². The van der Waals surface area contributed by atoms with Gasteiger partial charge in [0.15, 0.2) is 6.29 Å². The average Bonchev–Trinajstić information content (AvgIpc) is 2.67. The lowest BCUT2D eigenvalue weighted by Gasteiger charge is -2.39. The van der Waals surface area contributed by atoms with E-state index in [2.05, 4.69) is 32.0 Å². The maximum Gasteiger partial charge on any atom is 0.186 e. The highest BCUT2D eigenvalue weighted by Crippen LogP contribution is 2.38. The molecule has 7 nitrogen and oxygen atoms in total. The van der Waals surface area contributed by atoms with Crippen molar-refractivity contribution in [3.8, 4) is 5.75 Å². The molecule has 0 spiro atoms. The van der Waals surface area contributed by atoms with Crippen molar-refractivity contribution in [3.05, 3.63) is 29.3 Å². The number of aliphatic hydroxyl groups excluding tert-OH is 4. The zero-order valence-electron chi connectivity index (χ0n) is 16.6. The van der Waals surface area contributed by atoms with Crippen molar-refractivity contribution in [1.82, 2.24) is 0 Å². The third-order valence-corrected chi connectivity index (χ3v) is 5.75. The standard InChI is InChI=1S/C21H32O7/c1-21(2)8-10-26-15-7-6-13(11-14(15)21)5-3-4-9-27-20-19(25)18(24)17(23)16(12-22)28-20/h6-7,11,16-20,22-25H,3-5,8-10,12H2,1-2H3. The molecule has 0 bridgehead atoms. The summed E-state index contributed by atoms with van der Waals surface area (Å²) in [4.78, 5) is 0. The van der Waals surface area contributed by atoms with E-state index in [9.17, 15) is 20.4 Å². The van der Waals surface area contributed by atoms with E-state index in [-0.39, 0.29) is 5.41 Å². The van der Waals surface area contributed by atoms with Gasteiger partial charge in [0.05, 0.1) is 13.2 Å². The number of hydrogen-bond acceptors (Lipinski definition) is 7. The first-order chi connectivity index (χ1) is 13.3. The van der Waals surface area contributed by atoms with Crippen LogP contribution in [0.25, 0.3) is 0 Å². The Hall–Kier alpha value is -1.22. The molecule has 0 saturated carbocycles. The molecule has 2 aliphatic rings. The fourth-order valence-corrected chi connectivity index (χ4v) is 3.77. The molecule has 7 heteroatoms. The first-order valence-corrected chi connectivity index (χ1v) is 10.0. The molecule has 0 aliphatic carbocycles. The number of rotatable bonds is 7. The molecule has 1 saturated heterocycles. The molecule has 2 aliphatic heterocycles. The quantitative estimate of drug-likeness (QED) is 0.507. The fraction of sp³-hybridized carbons (Fsp3) is 0.714. The fourth-order valence-electron chi connectivity index (χ4n) is 3.77. The normalized spacial score (nSPS) is 31.9. The van der Waals surface area contributed by atoms with Crippen LogP contribution in [0.3, 0.4) is 0 Å². The topological polar surface area (TPSA) is 109 Å². The SMILES string of the molecule is CC1(C)CCOc2ccc(CCCCOC3OC(CO)C(O)C(O)C3O)cc21. The van der Waals surface area contributed by atoms with Gasteiger partial charge in [0, 0.05) is 12.2 Å². The summed E-state index contributed by atoms with van der Waals surface area (Å²) in [6, 6.07) is 6.38. The minimum atomic E-state index is -1.41. The average molecular weight is 396 g/mol. The number of benzene rings is 1. The smallest absolute Gasteiger partial charge is 0.186 e. The van der Waals surface area contributed by atoms with Crippen LogP contribution in [0.1, 0.15) is 44.2 Å². The number of aliphatic hydroxyl groups is 4. The van der Waals surface area contributed by atoms with Gasteiger partial charge in [-0.1, -0.05) is 26.0 Å². The van der Waals surface area contributed by atoms with Gasteiger partial charge in [-0.3, -0.25) is 0 Å². The van der Waals surface area contributed by atoms with Crippen molar-refractivity contribution >= 4 is 0 Å². The Labute approximate surface area is 165 Å². The van der Waals surface area contributed by atoms with Crippen molar-refractivity contribution in [2.24, 2.45) is 0 Å². The predicted molar refractivity (Wildman–Crippen MR) is 102 cm³/mol. The monoisotopic (exact) mass is 396 g/mol. The molecule has 28 heavy (non-hydrogen) atoms. The van der Waals surface area contributed by atoms with E-state index in [0.717, 1.165) is 38.0 Å². The number of hydrogen-bond donors (Lipinski definition) is 4. The summed E-state index contributed by atoms with van der Waals surface area (Å²) in [7, 11) is 0. The number of unbranched alkanes of at least 4 members (excludes halogenated alkanes) is 1. The molecular formula is C21H32O7. The zero-order chi connectivity index (χ0) is 20.3. The molecule has 158 valence electrons. The Morgan fingerprint density at radius 2 is 1.89 bits per heavy atom. The third kappa shape index (κ3) is 4.67. The van der Waals surface area contributed by atoms with E-state index in [1.54, 1.807) is 0 Å². The van der Waals surface area contributed by atoms with E-state index in [1.807, 2.05) is 0 Å². The van der Waals surface area contributed by atoms with Crippen LogP contribution in [0, 0.1) is 0 Å². The Bertz CT molecular complexity index is 646. The van der Waals surface area contributed by atoms with Crippen LogP contribution in [0.5, 0.6) is 5.75 Å². The lowest BCUT2D eigenvalue weighted by molar-refractivity contribution is -0.301. The molecule has 1 fully saturated rings. The maximum atomic E-state index is 9.96. The van der Waals surface area contributed by atoms with Gasteiger partial charge in [0.2, 0.25) is 0 Å². The molecular weight excluding hydrogens is 364 g/mol. The van der Waals surface area contributed by atoms with Gasteiger partial charge in [-0.05, 0) is 42.7 Å². The summed E-state index contributed by atoms with van der Waals surface area (Å²) in [6.45, 7) is 5.14. The molecule has 0 aromatic heterocycles. The largest absolute Gasteiger partial charge is 0.493 e. The van der Waals surface area contributed by atoms with Crippen LogP contribution in [-0.2, 0) is 21.3 Å². The van der Waals surface area contributed by atoms with Crippen LogP contribution in [-0.4, -0.2) is 71.0 Å². The van der Waals surface area contributed by atoms with Crippen LogP contribution < -0.4 is 4.74 Å². The lowest BCUT2D eigenvalue weighted by atomic mass is 9.79. The van der Waals surface area contributed by atoms with Gasteiger partial charge in [-0.25, -0.2) is 0 Å². The lowest BCUT2D eigenvalue weighted by Crippen LogP contribution is -2.59. The maximum absolute atomic E-state index is 9.96. The Morgan fingerprint density at radius 3 is 2.64 bits per heavy atom. The second-order valence-corrected chi connectivity index (χ2v) is 8.34. The first-order valence-electron chi connectivity index (χ1n) is 10.0. The molecule has 4 N–H and O–H groups in total. The summed E-state index contributed by atoms with van der Waals surface area (Å²) in [6.07, 6.45) is -2.54. The minimum Gasteiger partial charge on any atom is -0.493 e. The number of ether oxygens (including phenoxy) is 3. The summed E-state index contributed by atoms with van der Waals surface area (Å²) in [5.41, 5.74) is 2.63. The van der Waals surface area contributed by atoms with Crippen molar-refractivity contribution in [2.75, 3.05) is 19.8 Å². The van der Waals surface area contributed by atoms with Gasteiger partial charge in [-0.15, -0.1) is 0 Å². The summed E-state index contributed by atoms with van der Waals surface area (Å²) < 4.78 is 16.6. The molecule has 1 aromatic rings. The molecule has 1 aromatic carbocycles. The third-order valence-electron chi connectivity index (χ3n) is 5.75. The number of aryl methyl sites for hydroxylation is 1. The van der Waals surface area contributed by atoms with Crippen LogP contribution in [0.2, 0.25) is 0 Å².